The zero-order valence-electron chi connectivity index (χ0n) is 12.3. The van der Waals surface area contributed by atoms with E-state index >= 15 is 0 Å². The van der Waals surface area contributed by atoms with Gasteiger partial charge in [-0.25, -0.2) is 8.42 Å². The molecule has 0 bridgehead atoms. The van der Waals surface area contributed by atoms with Crippen molar-refractivity contribution in [1.82, 2.24) is 4.31 Å². The first-order valence-electron chi connectivity index (χ1n) is 6.64. The first-order chi connectivity index (χ1) is 10.5. The molecule has 0 radical (unpaired) electrons. The quantitative estimate of drug-likeness (QED) is 0.813. The smallest absolute Gasteiger partial charge is 0.246 e. The van der Waals surface area contributed by atoms with Crippen LogP contribution in [-0.2, 0) is 16.6 Å². The number of sulfonamides is 1. The molecule has 7 heteroatoms. The lowest BCUT2D eigenvalue weighted by Crippen LogP contribution is -2.26. The number of nitriles is 1. The van der Waals surface area contributed by atoms with Crippen molar-refractivity contribution in [2.75, 3.05) is 13.7 Å². The van der Waals surface area contributed by atoms with Crippen LogP contribution in [0.2, 0.25) is 0 Å². The fraction of sp³-hybridized carbons (Fsp3) is 0.267. The summed E-state index contributed by atoms with van der Waals surface area (Å²) in [7, 11) is -2.22. The molecular weight excluding hydrogens is 320 g/mol. The van der Waals surface area contributed by atoms with Gasteiger partial charge in [-0.3, -0.25) is 0 Å². The molecule has 0 fully saturated rings. The Morgan fingerprint density at radius 2 is 2.14 bits per heavy atom. The van der Waals surface area contributed by atoms with Crippen molar-refractivity contribution in [1.29, 1.82) is 5.26 Å². The predicted octanol–water partition coefficient (Wildman–Crippen LogP) is 2.84. The van der Waals surface area contributed by atoms with Crippen molar-refractivity contribution >= 4 is 21.4 Å². The van der Waals surface area contributed by atoms with Gasteiger partial charge in [0.1, 0.15) is 10.6 Å². The highest BCUT2D eigenvalue weighted by molar-refractivity contribution is 7.89. The van der Waals surface area contributed by atoms with E-state index in [1.165, 1.54) is 34.8 Å². The van der Waals surface area contributed by atoms with E-state index in [9.17, 15) is 8.42 Å². The fourth-order valence-electron chi connectivity index (χ4n) is 1.93. The summed E-state index contributed by atoms with van der Waals surface area (Å²) in [6.45, 7) is 2.41. The molecule has 0 atom stereocenters. The Kier molecular flexibility index (Phi) is 5.19. The van der Waals surface area contributed by atoms with Crippen molar-refractivity contribution < 1.29 is 13.2 Å². The van der Waals surface area contributed by atoms with Gasteiger partial charge in [-0.05, 0) is 36.6 Å². The van der Waals surface area contributed by atoms with E-state index < -0.39 is 10.0 Å². The zero-order chi connectivity index (χ0) is 16.2. The summed E-state index contributed by atoms with van der Waals surface area (Å²) in [4.78, 5) is 0.966. The highest BCUT2D eigenvalue weighted by Crippen LogP contribution is 2.28. The van der Waals surface area contributed by atoms with Gasteiger partial charge in [0.15, 0.2) is 0 Å². The zero-order valence-corrected chi connectivity index (χ0v) is 13.9. The van der Waals surface area contributed by atoms with Gasteiger partial charge in [0, 0.05) is 18.5 Å². The molecule has 0 N–H and O–H groups in total. The largest absolute Gasteiger partial charge is 0.492 e. The molecule has 0 unspecified atom stereocenters. The van der Waals surface area contributed by atoms with Crippen LogP contribution in [0.5, 0.6) is 5.75 Å². The average Bonchev–Trinajstić information content (AvgIpc) is 3.00. The van der Waals surface area contributed by atoms with Crippen LogP contribution in [0.1, 0.15) is 17.4 Å². The van der Waals surface area contributed by atoms with E-state index in [1.54, 1.807) is 13.0 Å². The van der Waals surface area contributed by atoms with Crippen LogP contribution in [0.4, 0.5) is 0 Å². The molecule has 116 valence electrons. The summed E-state index contributed by atoms with van der Waals surface area (Å²) in [5.41, 5.74) is 0.284. The van der Waals surface area contributed by atoms with E-state index in [0.29, 0.717) is 6.61 Å². The Bertz CT molecular complexity index is 778. The molecule has 0 saturated heterocycles. The molecule has 0 aliphatic rings. The fourth-order valence-corrected chi connectivity index (χ4v) is 4.07. The minimum absolute atomic E-state index is 0.0208. The van der Waals surface area contributed by atoms with Crippen LogP contribution in [0, 0.1) is 11.3 Å². The second-order valence-electron chi connectivity index (χ2n) is 4.55. The number of thiophene rings is 1. The first kappa shape index (κ1) is 16.5. The van der Waals surface area contributed by atoms with Crippen molar-refractivity contribution in [2.24, 2.45) is 0 Å². The van der Waals surface area contributed by atoms with Crippen LogP contribution in [0.15, 0.2) is 40.6 Å². The lowest BCUT2D eigenvalue weighted by molar-refractivity contribution is 0.329. The van der Waals surface area contributed by atoms with Crippen molar-refractivity contribution in [3.05, 3.63) is 46.2 Å². The average molecular weight is 336 g/mol. The van der Waals surface area contributed by atoms with Crippen molar-refractivity contribution in [3.63, 3.8) is 0 Å². The molecule has 0 spiro atoms. The van der Waals surface area contributed by atoms with Gasteiger partial charge in [-0.15, -0.1) is 11.3 Å². The third-order valence-electron chi connectivity index (χ3n) is 3.02. The summed E-state index contributed by atoms with van der Waals surface area (Å²) in [6.07, 6.45) is 0. The number of nitrogens with zero attached hydrogens (tertiary/aromatic N) is 2. The number of hydrogen-bond acceptors (Lipinski definition) is 5. The van der Waals surface area contributed by atoms with Gasteiger partial charge < -0.3 is 4.74 Å². The van der Waals surface area contributed by atoms with Crippen LogP contribution in [-0.4, -0.2) is 26.4 Å². The van der Waals surface area contributed by atoms with E-state index in [1.807, 2.05) is 23.6 Å². The molecule has 0 amide bonds. The standard InChI is InChI=1S/C15H16N2O3S2/c1-3-20-14-7-6-12(10-16)9-15(14)22(18,19)17(2)11-13-5-4-8-21-13/h4-9H,3,11H2,1-2H3. The lowest BCUT2D eigenvalue weighted by atomic mass is 10.2. The summed E-state index contributed by atoms with van der Waals surface area (Å²) >= 11 is 1.49. The predicted molar refractivity (Wildman–Crippen MR) is 85.3 cm³/mol. The van der Waals surface area contributed by atoms with Crippen LogP contribution in [0.25, 0.3) is 0 Å². The minimum atomic E-state index is -3.74. The summed E-state index contributed by atoms with van der Waals surface area (Å²) in [5, 5.41) is 10.9. The number of benzene rings is 1. The Morgan fingerprint density at radius 1 is 1.36 bits per heavy atom. The lowest BCUT2D eigenvalue weighted by Gasteiger charge is -2.18. The number of rotatable bonds is 6. The Balaban J connectivity index is 2.41. The molecule has 1 aromatic heterocycles. The molecule has 1 aromatic carbocycles. The molecule has 1 heterocycles. The van der Waals surface area contributed by atoms with E-state index in [2.05, 4.69) is 0 Å². The number of ether oxygens (including phenoxy) is 1. The third-order valence-corrected chi connectivity index (χ3v) is 5.71. The van der Waals surface area contributed by atoms with E-state index in [4.69, 9.17) is 10.00 Å². The Labute approximate surface area is 134 Å². The number of hydrogen-bond donors (Lipinski definition) is 0. The normalized spacial score (nSPS) is 11.4. The van der Waals surface area contributed by atoms with E-state index in [0.717, 1.165) is 4.88 Å². The van der Waals surface area contributed by atoms with Crippen LogP contribution in [0.3, 0.4) is 0 Å². The molecular formula is C15H16N2O3S2. The molecule has 22 heavy (non-hydrogen) atoms. The minimum Gasteiger partial charge on any atom is -0.492 e. The monoisotopic (exact) mass is 336 g/mol. The molecule has 0 aliphatic carbocycles. The maximum Gasteiger partial charge on any atom is 0.246 e. The molecule has 5 nitrogen and oxygen atoms in total. The Morgan fingerprint density at radius 3 is 2.73 bits per heavy atom. The second kappa shape index (κ2) is 6.92. The molecule has 2 rings (SSSR count). The van der Waals surface area contributed by atoms with Gasteiger partial charge >= 0.3 is 0 Å². The van der Waals surface area contributed by atoms with Gasteiger partial charge in [0.2, 0.25) is 10.0 Å². The maximum atomic E-state index is 12.8. The van der Waals surface area contributed by atoms with Crippen molar-refractivity contribution in [2.45, 2.75) is 18.4 Å². The van der Waals surface area contributed by atoms with Crippen molar-refractivity contribution in [3.8, 4) is 11.8 Å². The van der Waals surface area contributed by atoms with Gasteiger partial charge in [0.25, 0.3) is 0 Å². The second-order valence-corrected chi connectivity index (χ2v) is 7.59. The first-order valence-corrected chi connectivity index (χ1v) is 8.96. The van der Waals surface area contributed by atoms with Crippen LogP contribution >= 0.6 is 11.3 Å². The summed E-state index contributed by atoms with van der Waals surface area (Å²) in [6, 6.07) is 10.1. The molecule has 0 aliphatic heterocycles. The highest BCUT2D eigenvalue weighted by atomic mass is 32.2. The highest BCUT2D eigenvalue weighted by Gasteiger charge is 2.25. The van der Waals surface area contributed by atoms with Gasteiger partial charge in [-0.1, -0.05) is 6.07 Å². The SMILES string of the molecule is CCOc1ccc(C#N)cc1S(=O)(=O)N(C)Cc1cccs1. The Hall–Kier alpha value is -1.88. The summed E-state index contributed by atoms with van der Waals surface area (Å²) < 4.78 is 32.2. The van der Waals surface area contributed by atoms with Gasteiger partial charge in [-0.2, -0.15) is 9.57 Å². The van der Waals surface area contributed by atoms with E-state index in [-0.39, 0.29) is 22.8 Å². The summed E-state index contributed by atoms with van der Waals surface area (Å²) in [5.74, 6) is 0.263. The van der Waals surface area contributed by atoms with Crippen LogP contribution < -0.4 is 4.74 Å². The third kappa shape index (κ3) is 3.47. The molecule has 2 aromatic rings. The maximum absolute atomic E-state index is 12.8. The topological polar surface area (TPSA) is 70.4 Å². The van der Waals surface area contributed by atoms with Gasteiger partial charge in [0.05, 0.1) is 18.2 Å². The molecule has 0 saturated carbocycles.